The summed E-state index contributed by atoms with van der Waals surface area (Å²) in [5, 5.41) is 2.62. The van der Waals surface area contributed by atoms with Gasteiger partial charge in [0.2, 0.25) is 6.08 Å². The highest BCUT2D eigenvalue weighted by atomic mass is 16.6. The summed E-state index contributed by atoms with van der Waals surface area (Å²) in [4.78, 5) is 25.1. The van der Waals surface area contributed by atoms with Crippen molar-refractivity contribution in [1.82, 2.24) is 5.32 Å². The highest BCUT2D eigenvalue weighted by Gasteiger charge is 2.15. The van der Waals surface area contributed by atoms with Gasteiger partial charge in [-0.3, -0.25) is 0 Å². The summed E-state index contributed by atoms with van der Waals surface area (Å²) >= 11 is 0. The van der Waals surface area contributed by atoms with Crippen molar-refractivity contribution < 1.29 is 14.3 Å². The maximum atomic E-state index is 11.4. The van der Waals surface area contributed by atoms with E-state index in [4.69, 9.17) is 4.74 Å². The minimum Gasteiger partial charge on any atom is -0.444 e. The molecule has 0 aromatic heterocycles. The van der Waals surface area contributed by atoms with Crippen LogP contribution < -0.4 is 5.32 Å². The maximum absolute atomic E-state index is 11.4. The van der Waals surface area contributed by atoms with E-state index in [1.165, 1.54) is 6.08 Å². The van der Waals surface area contributed by atoms with Gasteiger partial charge in [-0.2, -0.15) is 4.99 Å². The Morgan fingerprint density at radius 1 is 1.44 bits per heavy atom. The van der Waals surface area contributed by atoms with E-state index in [0.717, 1.165) is 5.56 Å². The first-order valence-corrected chi connectivity index (χ1v) is 5.54. The third-order valence-electron chi connectivity index (χ3n) is 1.92. The number of ether oxygens (including phenoxy) is 1. The lowest BCUT2D eigenvalue weighted by Gasteiger charge is -2.19. The SMILES string of the molecule is CC(C)(C)OC(=O)NCc1cccc(N=C=O)c1. The molecule has 1 aromatic carbocycles. The van der Waals surface area contributed by atoms with Gasteiger partial charge in [0.15, 0.2) is 0 Å². The fourth-order valence-electron chi connectivity index (χ4n) is 1.28. The molecule has 0 aliphatic carbocycles. The number of aliphatic imine (C=N–C) groups is 1. The van der Waals surface area contributed by atoms with Crippen molar-refractivity contribution >= 4 is 17.9 Å². The van der Waals surface area contributed by atoms with E-state index in [0.29, 0.717) is 12.2 Å². The second kappa shape index (κ2) is 5.98. The zero-order chi connectivity index (χ0) is 13.6. The average molecular weight is 248 g/mol. The molecule has 18 heavy (non-hydrogen) atoms. The molecule has 0 aliphatic rings. The van der Waals surface area contributed by atoms with Gasteiger partial charge in [-0.15, -0.1) is 0 Å². The molecule has 0 fully saturated rings. The number of alkyl carbamates (subject to hydrolysis) is 1. The number of nitrogens with one attached hydrogen (secondary N) is 1. The molecule has 0 aliphatic heterocycles. The lowest BCUT2D eigenvalue weighted by Crippen LogP contribution is -2.32. The van der Waals surface area contributed by atoms with Crippen LogP contribution >= 0.6 is 0 Å². The molecule has 0 saturated carbocycles. The number of amides is 1. The van der Waals surface area contributed by atoms with Crippen molar-refractivity contribution in [2.75, 3.05) is 0 Å². The van der Waals surface area contributed by atoms with Crippen molar-refractivity contribution in [3.8, 4) is 0 Å². The first-order valence-electron chi connectivity index (χ1n) is 5.54. The van der Waals surface area contributed by atoms with Gasteiger partial charge < -0.3 is 10.1 Å². The largest absolute Gasteiger partial charge is 0.444 e. The standard InChI is InChI=1S/C13H16N2O3/c1-13(2,3)18-12(17)14-8-10-5-4-6-11(7-10)15-9-16/h4-7H,8H2,1-3H3,(H,14,17). The zero-order valence-electron chi connectivity index (χ0n) is 10.7. The summed E-state index contributed by atoms with van der Waals surface area (Å²) in [7, 11) is 0. The van der Waals surface area contributed by atoms with Gasteiger partial charge in [0.25, 0.3) is 0 Å². The molecule has 0 heterocycles. The third kappa shape index (κ3) is 5.27. The van der Waals surface area contributed by atoms with Gasteiger partial charge in [0.1, 0.15) is 5.60 Å². The predicted octanol–water partition coefficient (Wildman–Crippen LogP) is 2.68. The Balaban J connectivity index is 2.56. The van der Waals surface area contributed by atoms with Crippen LogP contribution in [0.1, 0.15) is 26.3 Å². The van der Waals surface area contributed by atoms with Crippen LogP contribution in [-0.2, 0) is 16.1 Å². The van der Waals surface area contributed by atoms with E-state index < -0.39 is 11.7 Å². The van der Waals surface area contributed by atoms with Crippen molar-refractivity contribution in [2.24, 2.45) is 4.99 Å². The van der Waals surface area contributed by atoms with E-state index in [-0.39, 0.29) is 0 Å². The molecule has 0 unspecified atom stereocenters. The van der Waals surface area contributed by atoms with E-state index in [2.05, 4.69) is 10.3 Å². The molecule has 1 N–H and O–H groups in total. The quantitative estimate of drug-likeness (QED) is 0.660. The molecule has 1 rings (SSSR count). The Labute approximate surface area is 106 Å². The number of carbonyl (C=O) groups is 1. The number of hydrogen-bond donors (Lipinski definition) is 1. The minimum absolute atomic E-state index is 0.317. The molecule has 5 heteroatoms. The van der Waals surface area contributed by atoms with Crippen LogP contribution in [0, 0.1) is 0 Å². The normalized spacial score (nSPS) is 10.4. The molecule has 96 valence electrons. The van der Waals surface area contributed by atoms with Crippen LogP contribution in [0.4, 0.5) is 10.5 Å². The van der Waals surface area contributed by atoms with Gasteiger partial charge >= 0.3 is 6.09 Å². The van der Waals surface area contributed by atoms with E-state index in [1.807, 2.05) is 6.07 Å². The smallest absolute Gasteiger partial charge is 0.407 e. The first-order chi connectivity index (χ1) is 8.40. The summed E-state index contributed by atoms with van der Waals surface area (Å²) in [6, 6.07) is 6.95. The molecular formula is C13H16N2O3. The Hall–Kier alpha value is -2.13. The Morgan fingerprint density at radius 2 is 2.17 bits per heavy atom. The summed E-state index contributed by atoms with van der Waals surface area (Å²) in [5.74, 6) is 0. The first kappa shape index (κ1) is 13.9. The van der Waals surface area contributed by atoms with Crippen molar-refractivity contribution in [1.29, 1.82) is 0 Å². The predicted molar refractivity (Wildman–Crippen MR) is 67.3 cm³/mol. The Kier molecular flexibility index (Phi) is 4.63. The fraction of sp³-hybridized carbons (Fsp3) is 0.385. The molecular weight excluding hydrogens is 232 g/mol. The van der Waals surface area contributed by atoms with E-state index >= 15 is 0 Å². The molecule has 0 atom stereocenters. The molecule has 0 radical (unpaired) electrons. The summed E-state index contributed by atoms with van der Waals surface area (Å²) in [6.45, 7) is 5.71. The maximum Gasteiger partial charge on any atom is 0.407 e. The second-order valence-corrected chi connectivity index (χ2v) is 4.73. The molecule has 1 aromatic rings. The lowest BCUT2D eigenvalue weighted by atomic mass is 10.2. The van der Waals surface area contributed by atoms with Gasteiger partial charge in [0.05, 0.1) is 5.69 Å². The van der Waals surface area contributed by atoms with Crippen LogP contribution in [0.2, 0.25) is 0 Å². The number of nitrogens with zero attached hydrogens (tertiary/aromatic N) is 1. The minimum atomic E-state index is -0.520. The van der Waals surface area contributed by atoms with Crippen LogP contribution in [0.5, 0.6) is 0 Å². The number of hydrogen-bond acceptors (Lipinski definition) is 4. The number of benzene rings is 1. The monoisotopic (exact) mass is 248 g/mol. The van der Waals surface area contributed by atoms with Gasteiger partial charge in [-0.25, -0.2) is 9.59 Å². The molecule has 1 amide bonds. The van der Waals surface area contributed by atoms with Crippen LogP contribution in [0.15, 0.2) is 29.3 Å². The van der Waals surface area contributed by atoms with Crippen molar-refractivity contribution in [3.63, 3.8) is 0 Å². The highest BCUT2D eigenvalue weighted by molar-refractivity contribution is 5.67. The Morgan fingerprint density at radius 3 is 2.78 bits per heavy atom. The third-order valence-corrected chi connectivity index (χ3v) is 1.92. The number of rotatable bonds is 3. The van der Waals surface area contributed by atoms with Crippen LogP contribution in [0.3, 0.4) is 0 Å². The zero-order valence-corrected chi connectivity index (χ0v) is 10.7. The van der Waals surface area contributed by atoms with Crippen molar-refractivity contribution in [3.05, 3.63) is 29.8 Å². The van der Waals surface area contributed by atoms with Gasteiger partial charge in [0, 0.05) is 6.54 Å². The number of isocyanates is 1. The lowest BCUT2D eigenvalue weighted by molar-refractivity contribution is 0.0523. The number of carbonyl (C=O) groups excluding carboxylic acids is 2. The molecule has 0 saturated heterocycles. The van der Waals surface area contributed by atoms with Crippen molar-refractivity contribution in [2.45, 2.75) is 32.9 Å². The molecule has 5 nitrogen and oxygen atoms in total. The topological polar surface area (TPSA) is 67.8 Å². The summed E-state index contributed by atoms with van der Waals surface area (Å²) in [5.41, 5.74) is 0.819. The van der Waals surface area contributed by atoms with Crippen LogP contribution in [-0.4, -0.2) is 17.8 Å². The second-order valence-electron chi connectivity index (χ2n) is 4.73. The Bertz CT molecular complexity index is 471. The average Bonchev–Trinajstić information content (AvgIpc) is 2.25. The van der Waals surface area contributed by atoms with E-state index in [1.54, 1.807) is 39.0 Å². The highest BCUT2D eigenvalue weighted by Crippen LogP contribution is 2.13. The summed E-state index contributed by atoms with van der Waals surface area (Å²) < 4.78 is 5.10. The van der Waals surface area contributed by atoms with Gasteiger partial charge in [-0.1, -0.05) is 12.1 Å². The van der Waals surface area contributed by atoms with Gasteiger partial charge in [-0.05, 0) is 38.5 Å². The molecule has 0 bridgehead atoms. The summed E-state index contributed by atoms with van der Waals surface area (Å²) in [6.07, 6.45) is 0.990. The fourth-order valence-corrected chi connectivity index (χ4v) is 1.28. The van der Waals surface area contributed by atoms with E-state index in [9.17, 15) is 9.59 Å². The van der Waals surface area contributed by atoms with Crippen LogP contribution in [0.25, 0.3) is 0 Å². The molecule has 0 spiro atoms.